The van der Waals surface area contributed by atoms with E-state index in [0.29, 0.717) is 0 Å². The van der Waals surface area contributed by atoms with Crippen LogP contribution in [0.3, 0.4) is 0 Å². The Morgan fingerprint density at radius 3 is 1.26 bits per heavy atom. The van der Waals surface area contributed by atoms with Crippen molar-refractivity contribution in [3.63, 3.8) is 0 Å². The number of hydrogen-bond donors (Lipinski definition) is 1. The van der Waals surface area contributed by atoms with Crippen molar-refractivity contribution in [1.82, 2.24) is 0 Å². The van der Waals surface area contributed by atoms with Crippen LogP contribution in [0.25, 0.3) is 11.1 Å². The number of nitrogens with zero attached hydrogens (tertiary/aromatic N) is 1. The van der Waals surface area contributed by atoms with Crippen LogP contribution in [-0.4, -0.2) is 0 Å². The van der Waals surface area contributed by atoms with Gasteiger partial charge in [0.25, 0.3) is 0 Å². The Morgan fingerprint density at radius 1 is 0.412 bits per heavy atom. The SMILES string of the molecule is Cc1ccc(N(c2ccc(C)cc2)c2ccc(-c3ccc(Nc4ccccc4)cc3)cc2)cc1. The van der Waals surface area contributed by atoms with Gasteiger partial charge in [-0.15, -0.1) is 0 Å². The first kappa shape index (κ1) is 21.5. The first-order chi connectivity index (χ1) is 16.7. The molecule has 0 radical (unpaired) electrons. The minimum atomic E-state index is 1.08. The highest BCUT2D eigenvalue weighted by Crippen LogP contribution is 2.36. The van der Waals surface area contributed by atoms with E-state index < -0.39 is 0 Å². The molecule has 0 aliphatic heterocycles. The molecule has 1 N–H and O–H groups in total. The molecule has 2 heteroatoms. The highest BCUT2D eigenvalue weighted by Gasteiger charge is 2.12. The summed E-state index contributed by atoms with van der Waals surface area (Å²) in [5.74, 6) is 0. The van der Waals surface area contributed by atoms with Crippen LogP contribution in [0.5, 0.6) is 0 Å². The molecule has 0 heterocycles. The molecule has 34 heavy (non-hydrogen) atoms. The molecule has 0 amide bonds. The fourth-order valence-corrected chi connectivity index (χ4v) is 4.07. The predicted molar refractivity (Wildman–Crippen MR) is 146 cm³/mol. The van der Waals surface area contributed by atoms with Gasteiger partial charge in [-0.1, -0.05) is 77.9 Å². The highest BCUT2D eigenvalue weighted by molar-refractivity contribution is 5.78. The average Bonchev–Trinajstić information content (AvgIpc) is 2.88. The Kier molecular flexibility index (Phi) is 6.13. The second-order valence-electron chi connectivity index (χ2n) is 8.62. The maximum Gasteiger partial charge on any atom is 0.0462 e. The van der Waals surface area contributed by atoms with E-state index in [-0.39, 0.29) is 0 Å². The number of nitrogens with one attached hydrogen (secondary N) is 1. The first-order valence-corrected chi connectivity index (χ1v) is 11.6. The van der Waals surface area contributed by atoms with Crippen LogP contribution in [-0.2, 0) is 0 Å². The van der Waals surface area contributed by atoms with E-state index in [1.54, 1.807) is 0 Å². The summed E-state index contributed by atoms with van der Waals surface area (Å²) in [6.07, 6.45) is 0. The minimum Gasteiger partial charge on any atom is -0.356 e. The second-order valence-corrected chi connectivity index (χ2v) is 8.62. The van der Waals surface area contributed by atoms with Crippen molar-refractivity contribution in [3.05, 3.63) is 139 Å². The summed E-state index contributed by atoms with van der Waals surface area (Å²) in [6.45, 7) is 4.24. The summed E-state index contributed by atoms with van der Waals surface area (Å²) in [4.78, 5) is 2.30. The fraction of sp³-hybridized carbons (Fsp3) is 0.0625. The quantitative estimate of drug-likeness (QED) is 0.283. The van der Waals surface area contributed by atoms with Crippen molar-refractivity contribution in [2.45, 2.75) is 13.8 Å². The largest absolute Gasteiger partial charge is 0.356 e. The molecule has 0 spiro atoms. The summed E-state index contributed by atoms with van der Waals surface area (Å²) in [5.41, 5.74) is 10.5. The third kappa shape index (κ3) is 4.87. The molecule has 0 atom stereocenters. The third-order valence-corrected chi connectivity index (χ3v) is 5.99. The summed E-state index contributed by atoms with van der Waals surface area (Å²) in [5, 5.41) is 3.44. The van der Waals surface area contributed by atoms with Crippen LogP contribution in [0, 0.1) is 13.8 Å². The smallest absolute Gasteiger partial charge is 0.0462 e. The zero-order valence-corrected chi connectivity index (χ0v) is 19.6. The molecule has 0 aliphatic rings. The van der Waals surface area contributed by atoms with E-state index in [2.05, 4.69) is 133 Å². The van der Waals surface area contributed by atoms with E-state index in [4.69, 9.17) is 0 Å². The van der Waals surface area contributed by atoms with Crippen molar-refractivity contribution in [2.75, 3.05) is 10.2 Å². The van der Waals surface area contributed by atoms with Gasteiger partial charge >= 0.3 is 0 Å². The Bertz CT molecular complexity index is 1290. The molecule has 5 aromatic rings. The van der Waals surface area contributed by atoms with Crippen molar-refractivity contribution in [1.29, 1.82) is 0 Å². The molecule has 5 aromatic carbocycles. The van der Waals surface area contributed by atoms with Gasteiger partial charge in [-0.25, -0.2) is 0 Å². The van der Waals surface area contributed by atoms with E-state index in [1.807, 2.05) is 18.2 Å². The molecule has 0 bridgehead atoms. The molecular weight excluding hydrogens is 412 g/mol. The summed E-state index contributed by atoms with van der Waals surface area (Å²) in [7, 11) is 0. The van der Waals surface area contributed by atoms with E-state index in [0.717, 1.165) is 28.4 Å². The van der Waals surface area contributed by atoms with Gasteiger partial charge < -0.3 is 10.2 Å². The van der Waals surface area contributed by atoms with Gasteiger partial charge in [-0.3, -0.25) is 0 Å². The monoisotopic (exact) mass is 440 g/mol. The molecule has 0 fully saturated rings. The van der Waals surface area contributed by atoms with Crippen LogP contribution in [0.15, 0.2) is 127 Å². The molecule has 166 valence electrons. The van der Waals surface area contributed by atoms with E-state index in [9.17, 15) is 0 Å². The topological polar surface area (TPSA) is 15.3 Å². The minimum absolute atomic E-state index is 1.08. The van der Waals surface area contributed by atoms with Crippen LogP contribution >= 0.6 is 0 Å². The van der Waals surface area contributed by atoms with Gasteiger partial charge in [-0.05, 0) is 85.6 Å². The third-order valence-electron chi connectivity index (χ3n) is 5.99. The summed E-state index contributed by atoms with van der Waals surface area (Å²) in [6, 6.07) is 45.0. The van der Waals surface area contributed by atoms with Crippen molar-refractivity contribution in [3.8, 4) is 11.1 Å². The Hall–Kier alpha value is -4.30. The van der Waals surface area contributed by atoms with Gasteiger partial charge in [0.2, 0.25) is 0 Å². The van der Waals surface area contributed by atoms with Crippen LogP contribution in [0.2, 0.25) is 0 Å². The lowest BCUT2D eigenvalue weighted by atomic mass is 10.0. The fourth-order valence-electron chi connectivity index (χ4n) is 4.07. The van der Waals surface area contributed by atoms with Gasteiger partial charge in [0.05, 0.1) is 0 Å². The Morgan fingerprint density at radius 2 is 0.794 bits per heavy atom. The molecule has 0 saturated heterocycles. The van der Waals surface area contributed by atoms with Gasteiger partial charge in [0, 0.05) is 28.4 Å². The van der Waals surface area contributed by atoms with Gasteiger partial charge in [0.15, 0.2) is 0 Å². The van der Waals surface area contributed by atoms with Crippen LogP contribution in [0.4, 0.5) is 28.4 Å². The molecule has 0 unspecified atom stereocenters. The van der Waals surface area contributed by atoms with Crippen LogP contribution in [0.1, 0.15) is 11.1 Å². The molecule has 0 aromatic heterocycles. The van der Waals surface area contributed by atoms with Crippen molar-refractivity contribution < 1.29 is 0 Å². The number of benzene rings is 5. The van der Waals surface area contributed by atoms with E-state index in [1.165, 1.54) is 22.3 Å². The van der Waals surface area contributed by atoms with Crippen LogP contribution < -0.4 is 10.2 Å². The molecule has 0 aliphatic carbocycles. The van der Waals surface area contributed by atoms with Crippen molar-refractivity contribution in [2.24, 2.45) is 0 Å². The average molecular weight is 441 g/mol. The van der Waals surface area contributed by atoms with Crippen molar-refractivity contribution >= 4 is 28.4 Å². The Labute approximate surface area is 202 Å². The maximum absolute atomic E-state index is 3.44. The highest BCUT2D eigenvalue weighted by atomic mass is 15.1. The first-order valence-electron chi connectivity index (χ1n) is 11.6. The number of rotatable bonds is 6. The lowest BCUT2D eigenvalue weighted by Crippen LogP contribution is -2.09. The summed E-state index contributed by atoms with van der Waals surface area (Å²) < 4.78 is 0. The standard InChI is InChI=1S/C32H28N2/c1-24-8-18-30(19-9-24)34(31-20-10-25(2)11-21-31)32-22-14-27(15-23-32)26-12-16-29(17-13-26)33-28-6-4-3-5-7-28/h3-23,33H,1-2H3. The Balaban J connectivity index is 1.41. The van der Waals surface area contributed by atoms with Gasteiger partial charge in [0.1, 0.15) is 0 Å². The molecule has 0 saturated carbocycles. The normalized spacial score (nSPS) is 10.6. The number of aryl methyl sites for hydroxylation is 2. The van der Waals surface area contributed by atoms with Gasteiger partial charge in [-0.2, -0.15) is 0 Å². The number of anilines is 5. The predicted octanol–water partition coefficient (Wildman–Crippen LogP) is 9.18. The maximum atomic E-state index is 3.44. The lowest BCUT2D eigenvalue weighted by Gasteiger charge is -2.26. The summed E-state index contributed by atoms with van der Waals surface area (Å²) >= 11 is 0. The number of para-hydroxylation sites is 1. The molecule has 2 nitrogen and oxygen atoms in total. The second kappa shape index (κ2) is 9.68. The molecular formula is C32H28N2. The lowest BCUT2D eigenvalue weighted by molar-refractivity contribution is 1.27. The zero-order valence-electron chi connectivity index (χ0n) is 19.6. The number of hydrogen-bond acceptors (Lipinski definition) is 2. The molecule has 5 rings (SSSR count). The zero-order chi connectivity index (χ0) is 23.3. The van der Waals surface area contributed by atoms with E-state index >= 15 is 0 Å².